The maximum absolute atomic E-state index is 14.4. The summed E-state index contributed by atoms with van der Waals surface area (Å²) in [6, 6.07) is 13.0. The smallest absolute Gasteiger partial charge is 0.434 e. The summed E-state index contributed by atoms with van der Waals surface area (Å²) >= 11 is 13.3. The number of alkyl halides is 3. The third-order valence-electron chi connectivity index (χ3n) is 6.71. The Hall–Kier alpha value is -4.13. The van der Waals surface area contributed by atoms with Crippen molar-refractivity contribution < 1.29 is 36.6 Å². The van der Waals surface area contributed by atoms with Crippen molar-refractivity contribution in [1.29, 1.82) is 0 Å². The Morgan fingerprint density at radius 2 is 1.72 bits per heavy atom. The zero-order valence-electron chi connectivity index (χ0n) is 24.2. The number of thiazole rings is 1. The minimum atomic E-state index is -5.04. The monoisotopic (exact) mass is 694 g/mol. The number of hydrogen-bond donors (Lipinski definition) is 0. The zero-order chi connectivity index (χ0) is 33.2. The molecule has 7 nitrogen and oxygen atoms in total. The molecule has 2 heterocycles. The van der Waals surface area contributed by atoms with Crippen LogP contribution < -0.4 is 24.4 Å². The van der Waals surface area contributed by atoms with Crippen molar-refractivity contribution in [3.63, 3.8) is 0 Å². The number of ether oxygens (including phenoxy) is 3. The van der Waals surface area contributed by atoms with Gasteiger partial charge in [-0.15, -0.1) is 0 Å². The number of carbonyl (C=O) groups excluding carboxylic acids is 1. The van der Waals surface area contributed by atoms with Gasteiger partial charge in [0.25, 0.3) is 5.56 Å². The van der Waals surface area contributed by atoms with Gasteiger partial charge < -0.3 is 14.2 Å². The Labute approximate surface area is 273 Å². The van der Waals surface area contributed by atoms with Crippen molar-refractivity contribution in [2.45, 2.75) is 32.7 Å². The Balaban J connectivity index is 1.64. The van der Waals surface area contributed by atoms with Gasteiger partial charge in [-0.05, 0) is 73.0 Å². The van der Waals surface area contributed by atoms with Crippen LogP contribution >= 0.6 is 34.5 Å². The van der Waals surface area contributed by atoms with Crippen LogP contribution in [0.2, 0.25) is 10.0 Å². The second-order valence-electron chi connectivity index (χ2n) is 9.79. The van der Waals surface area contributed by atoms with E-state index < -0.39 is 40.8 Å². The van der Waals surface area contributed by atoms with Gasteiger partial charge in [-0.25, -0.2) is 14.2 Å². The summed E-state index contributed by atoms with van der Waals surface area (Å²) < 4.78 is 74.0. The van der Waals surface area contributed by atoms with Crippen molar-refractivity contribution >= 4 is 46.6 Å². The molecule has 0 amide bonds. The average molecular weight is 696 g/mol. The molecule has 46 heavy (non-hydrogen) atoms. The quantitative estimate of drug-likeness (QED) is 0.143. The van der Waals surface area contributed by atoms with E-state index in [-0.39, 0.29) is 51.2 Å². The molecule has 1 aliphatic heterocycles. The summed E-state index contributed by atoms with van der Waals surface area (Å²) in [6.45, 7) is 3.31. The topological polar surface area (TPSA) is 79.1 Å². The van der Waals surface area contributed by atoms with Crippen LogP contribution in [0, 0.1) is 5.82 Å². The van der Waals surface area contributed by atoms with E-state index in [0.717, 1.165) is 4.57 Å². The summed E-state index contributed by atoms with van der Waals surface area (Å²) in [6.07, 6.45) is -3.60. The lowest BCUT2D eigenvalue weighted by atomic mass is 9.95. The first-order valence-electron chi connectivity index (χ1n) is 13.8. The number of allylic oxidation sites excluding steroid dienone is 1. The molecule has 5 rings (SSSR count). The highest BCUT2D eigenvalue weighted by molar-refractivity contribution is 7.07. The molecule has 3 aromatic carbocycles. The minimum absolute atomic E-state index is 0.0165. The van der Waals surface area contributed by atoms with Crippen molar-refractivity contribution in [1.82, 2.24) is 4.57 Å². The van der Waals surface area contributed by atoms with Gasteiger partial charge in [0.05, 0.1) is 34.4 Å². The molecule has 0 N–H and O–H groups in total. The summed E-state index contributed by atoms with van der Waals surface area (Å²) in [4.78, 5) is 30.4. The predicted octanol–water partition coefficient (Wildman–Crippen LogP) is 6.76. The normalized spacial score (nSPS) is 15.0. The average Bonchev–Trinajstić information content (AvgIpc) is 3.31. The van der Waals surface area contributed by atoms with Crippen LogP contribution in [0.25, 0.3) is 6.08 Å². The Morgan fingerprint density at radius 1 is 1.02 bits per heavy atom. The molecular weight excluding hydrogens is 671 g/mol. The van der Waals surface area contributed by atoms with E-state index in [4.69, 9.17) is 37.4 Å². The number of nitrogens with zero attached hydrogens (tertiary/aromatic N) is 2. The molecule has 0 saturated heterocycles. The van der Waals surface area contributed by atoms with E-state index in [2.05, 4.69) is 4.99 Å². The van der Waals surface area contributed by atoms with Crippen molar-refractivity contribution in [2.24, 2.45) is 4.99 Å². The maximum atomic E-state index is 14.4. The molecule has 0 unspecified atom stereocenters. The highest BCUT2D eigenvalue weighted by Gasteiger charge is 2.45. The number of hydrogen-bond acceptors (Lipinski definition) is 7. The highest BCUT2D eigenvalue weighted by atomic mass is 35.5. The van der Waals surface area contributed by atoms with Gasteiger partial charge in [-0.1, -0.05) is 58.8 Å². The summed E-state index contributed by atoms with van der Waals surface area (Å²) in [5.41, 5.74) is -1.71. The summed E-state index contributed by atoms with van der Waals surface area (Å²) in [5, 5.41) is 0.441. The molecular formula is C32H24Cl2F4N2O5S. The summed E-state index contributed by atoms with van der Waals surface area (Å²) in [7, 11) is 0. The lowest BCUT2D eigenvalue weighted by Crippen LogP contribution is -2.41. The Bertz CT molecular complexity index is 1990. The first-order valence-corrected chi connectivity index (χ1v) is 15.4. The molecule has 0 fully saturated rings. The largest absolute Gasteiger partial charge is 0.490 e. The van der Waals surface area contributed by atoms with Gasteiger partial charge in [0.1, 0.15) is 12.4 Å². The second kappa shape index (κ2) is 13.7. The van der Waals surface area contributed by atoms with E-state index in [0.29, 0.717) is 27.5 Å². The number of benzene rings is 3. The van der Waals surface area contributed by atoms with Gasteiger partial charge in [-0.3, -0.25) is 9.36 Å². The van der Waals surface area contributed by atoms with Crippen LogP contribution in [-0.2, 0) is 16.1 Å². The standard InChI is InChI=1S/C32H24Cl2F4N2O5S/c1-3-43-23-14-18(13-22(34)27(23)45-16-17-5-11-21(35)12-6-17)15-24-29(41)40-26(19-7-9-20(33)10-8-19)25(30(42)44-4-2)28(32(36,37)38)39-31(40)46-24/h5-15,26H,3-4,16H2,1-2H3/b24-15-/t26-/m1/s1. The zero-order valence-corrected chi connectivity index (χ0v) is 26.5. The molecule has 0 aliphatic carbocycles. The van der Waals surface area contributed by atoms with Gasteiger partial charge in [0.15, 0.2) is 22.0 Å². The number of aromatic nitrogens is 1. The van der Waals surface area contributed by atoms with Gasteiger partial charge >= 0.3 is 12.1 Å². The molecule has 14 heteroatoms. The molecule has 1 aromatic heterocycles. The van der Waals surface area contributed by atoms with E-state index >= 15 is 0 Å². The van der Waals surface area contributed by atoms with E-state index in [1.807, 2.05) is 0 Å². The number of carbonyl (C=O) groups is 1. The minimum Gasteiger partial charge on any atom is -0.490 e. The second-order valence-corrected chi connectivity index (χ2v) is 11.6. The number of rotatable bonds is 9. The third kappa shape index (κ3) is 6.98. The van der Waals surface area contributed by atoms with Gasteiger partial charge in [0, 0.05) is 5.02 Å². The van der Waals surface area contributed by atoms with Crippen LogP contribution in [0.3, 0.4) is 0 Å². The van der Waals surface area contributed by atoms with Crippen molar-refractivity contribution in [3.05, 3.63) is 124 Å². The molecule has 0 saturated carbocycles. The molecule has 4 aromatic rings. The molecule has 1 aliphatic rings. The first-order chi connectivity index (χ1) is 21.9. The van der Waals surface area contributed by atoms with Crippen molar-refractivity contribution in [3.8, 4) is 11.5 Å². The molecule has 0 spiro atoms. The fourth-order valence-electron chi connectivity index (χ4n) is 4.76. The fraction of sp³-hybridized carbons (Fsp3) is 0.219. The highest BCUT2D eigenvalue weighted by Crippen LogP contribution is 2.39. The van der Waals surface area contributed by atoms with Gasteiger partial charge in [0.2, 0.25) is 0 Å². The maximum Gasteiger partial charge on any atom is 0.434 e. The van der Waals surface area contributed by atoms with Crippen LogP contribution in [0.1, 0.15) is 36.6 Å². The lowest BCUT2D eigenvalue weighted by molar-refractivity contribution is -0.140. The SMILES string of the molecule is CCOC(=O)C1=C(C(F)(F)F)N=c2s/c(=C\c3cc(Cl)c(OCc4ccc(F)cc4)c(OCC)c3)c(=O)n2[C@@H]1c1ccc(Cl)cc1. The molecule has 0 radical (unpaired) electrons. The lowest BCUT2D eigenvalue weighted by Gasteiger charge is -2.26. The predicted molar refractivity (Wildman–Crippen MR) is 166 cm³/mol. The van der Waals surface area contributed by atoms with E-state index in [1.165, 1.54) is 55.5 Å². The van der Waals surface area contributed by atoms with Crippen LogP contribution in [-0.4, -0.2) is 29.9 Å². The third-order valence-corrected chi connectivity index (χ3v) is 8.22. The number of fused-ring (bicyclic) bond motifs is 1. The molecule has 0 bridgehead atoms. The molecule has 1 atom stereocenters. The first kappa shape index (κ1) is 33.2. The molecule has 240 valence electrons. The fourth-order valence-corrected chi connectivity index (χ4v) is 6.16. The van der Waals surface area contributed by atoms with E-state index in [9.17, 15) is 27.2 Å². The van der Waals surface area contributed by atoms with Crippen LogP contribution in [0.15, 0.2) is 81.7 Å². The Kier molecular flexibility index (Phi) is 9.90. The summed E-state index contributed by atoms with van der Waals surface area (Å²) in [5.74, 6) is -1.18. The van der Waals surface area contributed by atoms with Gasteiger partial charge in [-0.2, -0.15) is 13.2 Å². The van der Waals surface area contributed by atoms with Crippen LogP contribution in [0.5, 0.6) is 11.5 Å². The number of esters is 1. The van der Waals surface area contributed by atoms with Crippen molar-refractivity contribution in [2.75, 3.05) is 13.2 Å². The number of halogens is 6. The Morgan fingerprint density at radius 3 is 2.35 bits per heavy atom. The van der Waals surface area contributed by atoms with Crippen LogP contribution in [0.4, 0.5) is 17.6 Å². The van der Waals surface area contributed by atoms with E-state index in [1.54, 1.807) is 25.1 Å².